The second-order valence-electron chi connectivity index (χ2n) is 8.71. The second-order valence-corrected chi connectivity index (χ2v) is 8.71. The van der Waals surface area contributed by atoms with Crippen LogP contribution in [-0.2, 0) is 6.54 Å². The van der Waals surface area contributed by atoms with Crippen LogP contribution in [0.1, 0.15) is 49.0 Å². The first-order valence-corrected chi connectivity index (χ1v) is 11.4. The van der Waals surface area contributed by atoms with Gasteiger partial charge < -0.3 is 26.6 Å². The highest BCUT2D eigenvalue weighted by Gasteiger charge is 2.29. The molecule has 5 N–H and O–H groups in total. The predicted octanol–water partition coefficient (Wildman–Crippen LogP) is 4.64. The Morgan fingerprint density at radius 3 is 2.56 bits per heavy atom. The third-order valence-electron chi connectivity index (χ3n) is 6.49. The maximum absolute atomic E-state index is 13.1. The van der Waals surface area contributed by atoms with Crippen molar-refractivity contribution in [3.8, 4) is 0 Å². The minimum absolute atomic E-state index is 0.0334. The standard InChI is InChI=1S/C26H33N5O/c1-18(7-6-12-27)19(2)29-25-11-9-22(16-24(25)28)31-17-20-15-21(8-10-23(20)26(31)32)30-13-4-3-5-14-30/h6-12,15-16,19,29H,3-5,13-14,17,27-28H2,1-2H3/b12-6-,18-7+. The van der Waals surface area contributed by atoms with E-state index in [0.717, 1.165) is 41.2 Å². The number of fused-ring (bicyclic) bond motifs is 1. The molecule has 2 aromatic rings. The van der Waals surface area contributed by atoms with E-state index in [1.807, 2.05) is 48.2 Å². The van der Waals surface area contributed by atoms with Crippen molar-refractivity contribution in [2.24, 2.45) is 5.73 Å². The number of piperidine rings is 1. The number of carbonyl (C=O) groups is 1. The number of hydrogen-bond donors (Lipinski definition) is 3. The smallest absolute Gasteiger partial charge is 0.258 e. The quantitative estimate of drug-likeness (QED) is 0.458. The summed E-state index contributed by atoms with van der Waals surface area (Å²) < 4.78 is 0. The van der Waals surface area contributed by atoms with Gasteiger partial charge >= 0.3 is 0 Å². The zero-order valence-corrected chi connectivity index (χ0v) is 19.0. The lowest BCUT2D eigenvalue weighted by Crippen LogP contribution is -2.29. The molecule has 1 saturated heterocycles. The Labute approximate surface area is 190 Å². The van der Waals surface area contributed by atoms with Crippen LogP contribution < -0.4 is 26.6 Å². The Hall–Kier alpha value is -3.41. The van der Waals surface area contributed by atoms with Gasteiger partial charge in [0.1, 0.15) is 0 Å². The number of nitrogens with two attached hydrogens (primary N) is 2. The summed E-state index contributed by atoms with van der Waals surface area (Å²) in [5, 5.41) is 3.43. The van der Waals surface area contributed by atoms with Gasteiger partial charge in [0.15, 0.2) is 0 Å². The fourth-order valence-corrected chi connectivity index (χ4v) is 4.41. The molecule has 2 aliphatic heterocycles. The van der Waals surface area contributed by atoms with Crippen LogP contribution in [0.15, 0.2) is 60.3 Å². The van der Waals surface area contributed by atoms with Crippen LogP contribution >= 0.6 is 0 Å². The third kappa shape index (κ3) is 4.44. The van der Waals surface area contributed by atoms with E-state index in [-0.39, 0.29) is 11.9 Å². The molecule has 0 aliphatic carbocycles. The van der Waals surface area contributed by atoms with Crippen LogP contribution in [-0.4, -0.2) is 25.0 Å². The molecule has 4 rings (SSSR count). The molecule has 6 heteroatoms. The summed E-state index contributed by atoms with van der Waals surface area (Å²) in [6.07, 6.45) is 9.08. The van der Waals surface area contributed by atoms with Crippen molar-refractivity contribution in [3.63, 3.8) is 0 Å². The minimum Gasteiger partial charge on any atom is -0.405 e. The van der Waals surface area contributed by atoms with Gasteiger partial charge in [-0.2, -0.15) is 0 Å². The van der Waals surface area contributed by atoms with E-state index < -0.39 is 0 Å². The van der Waals surface area contributed by atoms with Crippen molar-refractivity contribution in [1.82, 2.24) is 0 Å². The highest BCUT2D eigenvalue weighted by Crippen LogP contribution is 2.34. The van der Waals surface area contributed by atoms with Gasteiger partial charge in [-0.15, -0.1) is 0 Å². The Morgan fingerprint density at radius 1 is 1.09 bits per heavy atom. The maximum Gasteiger partial charge on any atom is 0.258 e. The molecule has 0 spiro atoms. The summed E-state index contributed by atoms with van der Waals surface area (Å²) in [5.74, 6) is 0.0334. The van der Waals surface area contributed by atoms with Crippen molar-refractivity contribution >= 4 is 28.7 Å². The van der Waals surface area contributed by atoms with Crippen LogP contribution in [0.2, 0.25) is 0 Å². The maximum atomic E-state index is 13.1. The zero-order chi connectivity index (χ0) is 22.7. The molecule has 2 aromatic carbocycles. The number of benzene rings is 2. The van der Waals surface area contributed by atoms with Gasteiger partial charge in [0.25, 0.3) is 5.91 Å². The molecule has 0 aromatic heterocycles. The molecule has 1 fully saturated rings. The third-order valence-corrected chi connectivity index (χ3v) is 6.49. The van der Waals surface area contributed by atoms with Crippen LogP contribution in [0.25, 0.3) is 0 Å². The predicted molar refractivity (Wildman–Crippen MR) is 134 cm³/mol. The zero-order valence-electron chi connectivity index (χ0n) is 19.0. The van der Waals surface area contributed by atoms with Crippen molar-refractivity contribution in [3.05, 3.63) is 71.5 Å². The molecule has 32 heavy (non-hydrogen) atoms. The summed E-state index contributed by atoms with van der Waals surface area (Å²) in [5.41, 5.74) is 18.3. The average molecular weight is 432 g/mol. The number of anilines is 4. The largest absolute Gasteiger partial charge is 0.405 e. The van der Waals surface area contributed by atoms with E-state index in [1.165, 1.54) is 31.1 Å². The fraction of sp³-hybridized carbons (Fsp3) is 0.346. The van der Waals surface area contributed by atoms with Gasteiger partial charge in [-0.05, 0) is 87.3 Å². The topological polar surface area (TPSA) is 87.6 Å². The van der Waals surface area contributed by atoms with E-state index in [2.05, 4.69) is 29.3 Å². The van der Waals surface area contributed by atoms with Crippen molar-refractivity contribution in [2.75, 3.05) is 33.9 Å². The number of nitrogens with one attached hydrogen (secondary N) is 1. The Balaban J connectivity index is 1.50. The Kier molecular flexibility index (Phi) is 6.40. The second kappa shape index (κ2) is 9.39. The first-order valence-electron chi connectivity index (χ1n) is 11.4. The number of rotatable bonds is 6. The lowest BCUT2D eigenvalue weighted by Gasteiger charge is -2.29. The highest BCUT2D eigenvalue weighted by atomic mass is 16.2. The molecule has 0 radical (unpaired) electrons. The number of allylic oxidation sites excluding steroid dienone is 2. The molecule has 1 atom stereocenters. The van der Waals surface area contributed by atoms with Crippen molar-refractivity contribution in [2.45, 2.75) is 45.7 Å². The van der Waals surface area contributed by atoms with Gasteiger partial charge in [0.05, 0.1) is 17.9 Å². The molecular formula is C26H33N5O. The molecule has 0 bridgehead atoms. The van der Waals surface area contributed by atoms with E-state index in [0.29, 0.717) is 12.2 Å². The summed E-state index contributed by atoms with van der Waals surface area (Å²) in [6, 6.07) is 12.1. The highest BCUT2D eigenvalue weighted by molar-refractivity contribution is 6.10. The summed E-state index contributed by atoms with van der Waals surface area (Å²) in [6.45, 7) is 6.88. The van der Waals surface area contributed by atoms with Crippen LogP contribution in [0, 0.1) is 0 Å². The lowest BCUT2D eigenvalue weighted by molar-refractivity contribution is 0.0996. The monoisotopic (exact) mass is 431 g/mol. The number of nitrogens with zero attached hydrogens (tertiary/aromatic N) is 2. The molecule has 1 amide bonds. The van der Waals surface area contributed by atoms with Gasteiger partial charge in [0.2, 0.25) is 0 Å². The van der Waals surface area contributed by atoms with E-state index in [4.69, 9.17) is 11.5 Å². The number of amides is 1. The lowest BCUT2D eigenvalue weighted by atomic mass is 10.1. The summed E-state index contributed by atoms with van der Waals surface area (Å²) in [4.78, 5) is 17.3. The Morgan fingerprint density at radius 2 is 1.84 bits per heavy atom. The molecular weight excluding hydrogens is 398 g/mol. The van der Waals surface area contributed by atoms with E-state index in [9.17, 15) is 4.79 Å². The number of hydrogen-bond acceptors (Lipinski definition) is 5. The van der Waals surface area contributed by atoms with Crippen LogP contribution in [0.3, 0.4) is 0 Å². The average Bonchev–Trinajstić information content (AvgIpc) is 3.15. The SMILES string of the molecule is C/C(=C\C=C/N)C(C)Nc1ccc(N2Cc3cc(N4CCCCC4)ccc3C2=O)cc1N. The Bertz CT molecular complexity index is 1050. The van der Waals surface area contributed by atoms with E-state index in [1.54, 1.807) is 0 Å². The van der Waals surface area contributed by atoms with Gasteiger partial charge in [0, 0.05) is 36.1 Å². The molecule has 6 nitrogen and oxygen atoms in total. The summed E-state index contributed by atoms with van der Waals surface area (Å²) in [7, 11) is 0. The van der Waals surface area contributed by atoms with Gasteiger partial charge in [-0.3, -0.25) is 4.79 Å². The molecule has 2 heterocycles. The molecule has 2 aliphatic rings. The number of nitrogen functional groups attached to an aromatic ring is 1. The van der Waals surface area contributed by atoms with Crippen molar-refractivity contribution in [1.29, 1.82) is 0 Å². The van der Waals surface area contributed by atoms with Gasteiger partial charge in [-0.1, -0.05) is 11.6 Å². The molecule has 1 unspecified atom stereocenters. The normalized spacial score (nSPS) is 17.7. The van der Waals surface area contributed by atoms with Gasteiger partial charge in [-0.25, -0.2) is 0 Å². The first kappa shape index (κ1) is 21.8. The summed E-state index contributed by atoms with van der Waals surface area (Å²) >= 11 is 0. The van der Waals surface area contributed by atoms with Crippen LogP contribution in [0.4, 0.5) is 22.7 Å². The molecule has 168 valence electrons. The molecule has 0 saturated carbocycles. The van der Waals surface area contributed by atoms with E-state index >= 15 is 0 Å². The van der Waals surface area contributed by atoms with Crippen LogP contribution in [0.5, 0.6) is 0 Å². The number of carbonyl (C=O) groups excluding carboxylic acids is 1. The van der Waals surface area contributed by atoms with Crippen molar-refractivity contribution < 1.29 is 4.79 Å². The first-order chi connectivity index (χ1) is 15.5. The fourth-order valence-electron chi connectivity index (χ4n) is 4.41. The minimum atomic E-state index is 0.0334.